The van der Waals surface area contributed by atoms with Crippen LogP contribution in [0.15, 0.2) is 59.5 Å². The van der Waals surface area contributed by atoms with E-state index in [1.807, 2.05) is 37.3 Å². The number of pyridine rings is 1. The van der Waals surface area contributed by atoms with Crippen molar-refractivity contribution in [2.24, 2.45) is 4.99 Å². The van der Waals surface area contributed by atoms with Crippen LogP contribution in [-0.2, 0) is 17.8 Å². The first kappa shape index (κ1) is 20.1. The van der Waals surface area contributed by atoms with Crippen LogP contribution in [0.4, 0.5) is 0 Å². The zero-order valence-electron chi connectivity index (χ0n) is 17.7. The summed E-state index contributed by atoms with van der Waals surface area (Å²) in [6.45, 7) is 6.39. The highest BCUT2D eigenvalue weighted by Gasteiger charge is 2.32. The van der Waals surface area contributed by atoms with Crippen LogP contribution in [0.25, 0.3) is 0 Å². The predicted molar refractivity (Wildman–Crippen MR) is 116 cm³/mol. The lowest BCUT2D eigenvalue weighted by Crippen LogP contribution is -2.40. The first-order valence-corrected chi connectivity index (χ1v) is 10.3. The summed E-state index contributed by atoms with van der Waals surface area (Å²) in [5, 5.41) is 0. The van der Waals surface area contributed by atoms with Crippen LogP contribution >= 0.6 is 0 Å². The Morgan fingerprint density at radius 3 is 2.90 bits per heavy atom. The molecular weight excluding hydrogens is 378 g/mol. The van der Waals surface area contributed by atoms with Gasteiger partial charge in [-0.1, -0.05) is 24.3 Å². The van der Waals surface area contributed by atoms with Crippen molar-refractivity contribution >= 4 is 11.7 Å². The van der Waals surface area contributed by atoms with Gasteiger partial charge in [-0.2, -0.15) is 0 Å². The second-order valence-corrected chi connectivity index (χ2v) is 8.32. The lowest BCUT2D eigenvalue weighted by Gasteiger charge is -2.26. The molecule has 0 atom stereocenters. The summed E-state index contributed by atoms with van der Waals surface area (Å²) >= 11 is 0. The van der Waals surface area contributed by atoms with Crippen molar-refractivity contribution in [2.45, 2.75) is 52.2 Å². The molecule has 0 fully saturated rings. The van der Waals surface area contributed by atoms with E-state index in [9.17, 15) is 4.79 Å². The average molecular weight is 405 g/mol. The molecule has 6 heteroatoms. The predicted octanol–water partition coefficient (Wildman–Crippen LogP) is 4.30. The fourth-order valence-electron chi connectivity index (χ4n) is 3.83. The number of amidine groups is 1. The topological polar surface area (TPSA) is 64.0 Å². The van der Waals surface area contributed by atoms with E-state index in [0.717, 1.165) is 47.7 Å². The molecule has 156 valence electrons. The van der Waals surface area contributed by atoms with Gasteiger partial charge in [0.1, 0.15) is 11.4 Å². The summed E-state index contributed by atoms with van der Waals surface area (Å²) in [5.41, 5.74) is 2.72. The van der Waals surface area contributed by atoms with Gasteiger partial charge in [0.2, 0.25) is 0 Å². The van der Waals surface area contributed by atoms with Crippen LogP contribution in [-0.4, -0.2) is 33.8 Å². The number of para-hydroxylation sites is 1. The van der Waals surface area contributed by atoms with Crippen LogP contribution in [0.2, 0.25) is 0 Å². The van der Waals surface area contributed by atoms with E-state index in [-0.39, 0.29) is 18.1 Å². The van der Waals surface area contributed by atoms with Gasteiger partial charge in [0, 0.05) is 36.5 Å². The Balaban J connectivity index is 1.52. The van der Waals surface area contributed by atoms with Crippen LogP contribution in [0.3, 0.4) is 0 Å². The number of aromatic nitrogens is 1. The molecule has 0 saturated carbocycles. The van der Waals surface area contributed by atoms with Crippen LogP contribution < -0.4 is 9.47 Å². The number of amides is 1. The van der Waals surface area contributed by atoms with Crippen molar-refractivity contribution in [1.82, 2.24) is 9.88 Å². The lowest BCUT2D eigenvalue weighted by atomic mass is 10.0. The minimum absolute atomic E-state index is 0.0811. The Morgan fingerprint density at radius 2 is 2.13 bits per heavy atom. The minimum atomic E-state index is -0.265. The molecule has 1 aromatic carbocycles. The third-order valence-electron chi connectivity index (χ3n) is 5.20. The van der Waals surface area contributed by atoms with Crippen molar-refractivity contribution < 1.29 is 14.3 Å². The quantitative estimate of drug-likeness (QED) is 0.744. The van der Waals surface area contributed by atoms with Gasteiger partial charge >= 0.3 is 0 Å². The third-order valence-corrected chi connectivity index (χ3v) is 5.20. The number of nitrogens with zero attached hydrogens (tertiary/aromatic N) is 3. The zero-order chi connectivity index (χ0) is 21.1. The van der Waals surface area contributed by atoms with Gasteiger partial charge in [0.25, 0.3) is 5.91 Å². The molecule has 0 radical (unpaired) electrons. The van der Waals surface area contributed by atoms with Gasteiger partial charge in [-0.3, -0.25) is 14.7 Å². The molecular formula is C24H27N3O3. The van der Waals surface area contributed by atoms with Crippen LogP contribution in [0, 0.1) is 0 Å². The van der Waals surface area contributed by atoms with E-state index in [1.165, 1.54) is 0 Å². The summed E-state index contributed by atoms with van der Waals surface area (Å²) in [5.74, 6) is 1.97. The molecule has 0 aliphatic carbocycles. The molecule has 3 heterocycles. The number of benzene rings is 1. The first-order chi connectivity index (χ1) is 14.4. The zero-order valence-corrected chi connectivity index (χ0v) is 17.7. The number of carbonyl (C=O) groups is 1. The Bertz CT molecular complexity index is 996. The number of hydrogen-bond donors (Lipinski definition) is 0. The van der Waals surface area contributed by atoms with Crippen molar-refractivity contribution in [3.05, 3.63) is 65.6 Å². The molecule has 2 aliphatic rings. The van der Waals surface area contributed by atoms with E-state index in [1.54, 1.807) is 17.3 Å². The molecule has 0 saturated heterocycles. The Kier molecular flexibility index (Phi) is 5.57. The van der Waals surface area contributed by atoms with Gasteiger partial charge in [-0.15, -0.1) is 0 Å². The van der Waals surface area contributed by atoms with Crippen molar-refractivity contribution in [1.29, 1.82) is 0 Å². The molecule has 0 N–H and O–H groups in total. The second kappa shape index (κ2) is 8.30. The van der Waals surface area contributed by atoms with Crippen molar-refractivity contribution in [2.75, 3.05) is 6.61 Å². The molecule has 0 spiro atoms. The van der Waals surface area contributed by atoms with Gasteiger partial charge in [-0.25, -0.2) is 4.99 Å². The number of allylic oxidation sites excluding steroid dienone is 2. The average Bonchev–Trinajstić information content (AvgIpc) is 3.05. The maximum absolute atomic E-state index is 13.2. The monoisotopic (exact) mass is 405 g/mol. The van der Waals surface area contributed by atoms with E-state index < -0.39 is 0 Å². The lowest BCUT2D eigenvalue weighted by molar-refractivity contribution is -0.130. The molecule has 1 aromatic heterocycles. The number of fused-ring (bicyclic) bond motifs is 1. The largest absolute Gasteiger partial charge is 0.483 e. The van der Waals surface area contributed by atoms with Gasteiger partial charge in [-0.05, 0) is 44.9 Å². The molecule has 0 bridgehead atoms. The van der Waals surface area contributed by atoms with Crippen LogP contribution in [0.1, 0.15) is 44.7 Å². The molecule has 4 rings (SSSR count). The first-order valence-electron chi connectivity index (χ1n) is 10.3. The standard InChI is InChI=1S/C24H27N3O3/c1-17-7-4-11-21(26-17)27(15-18-8-6-12-25-14-18)22(28)16-29-20-10-5-9-19-13-24(2,3)30-23(19)20/h5-10,12,14H,4,11,13,15-16H2,1-3H3. The fraction of sp³-hybridized carbons (Fsp3) is 0.375. The highest BCUT2D eigenvalue weighted by atomic mass is 16.5. The smallest absolute Gasteiger partial charge is 0.266 e. The minimum Gasteiger partial charge on any atom is -0.483 e. The summed E-state index contributed by atoms with van der Waals surface area (Å²) < 4.78 is 12.0. The molecule has 6 nitrogen and oxygen atoms in total. The third kappa shape index (κ3) is 4.53. The highest BCUT2D eigenvalue weighted by molar-refractivity contribution is 5.99. The van der Waals surface area contributed by atoms with E-state index in [2.05, 4.69) is 29.9 Å². The maximum atomic E-state index is 13.2. The highest BCUT2D eigenvalue weighted by Crippen LogP contribution is 2.41. The Morgan fingerprint density at radius 1 is 1.27 bits per heavy atom. The molecule has 0 unspecified atom stereocenters. The SMILES string of the molecule is CC1=CCCC(N(Cc2cccnc2)C(=O)COc2cccc3c2OC(C)(C)C3)=N1. The molecule has 2 aliphatic heterocycles. The fourth-order valence-corrected chi connectivity index (χ4v) is 3.83. The van der Waals surface area contributed by atoms with Gasteiger partial charge in [0.15, 0.2) is 18.1 Å². The maximum Gasteiger partial charge on any atom is 0.266 e. The summed E-state index contributed by atoms with van der Waals surface area (Å²) in [7, 11) is 0. The summed E-state index contributed by atoms with van der Waals surface area (Å²) in [6, 6.07) is 9.66. The number of hydrogen-bond acceptors (Lipinski definition) is 5. The normalized spacial score (nSPS) is 16.8. The second-order valence-electron chi connectivity index (χ2n) is 8.32. The van der Waals surface area contributed by atoms with Gasteiger partial charge < -0.3 is 9.47 Å². The van der Waals surface area contributed by atoms with Crippen molar-refractivity contribution in [3.63, 3.8) is 0 Å². The molecule has 1 amide bonds. The van der Waals surface area contributed by atoms with Crippen molar-refractivity contribution in [3.8, 4) is 11.5 Å². The Labute approximate surface area is 177 Å². The molecule has 30 heavy (non-hydrogen) atoms. The van der Waals surface area contributed by atoms with Crippen LogP contribution in [0.5, 0.6) is 11.5 Å². The van der Waals surface area contributed by atoms with Gasteiger partial charge in [0.05, 0.1) is 6.54 Å². The molecule has 2 aromatic rings. The van der Waals surface area contributed by atoms with E-state index in [4.69, 9.17) is 9.47 Å². The summed E-state index contributed by atoms with van der Waals surface area (Å²) in [6.07, 6.45) is 8.00. The number of aliphatic imine (C=N–C) groups is 1. The Hall–Kier alpha value is -3.15. The van der Waals surface area contributed by atoms with E-state index in [0.29, 0.717) is 12.3 Å². The number of carbonyl (C=O) groups excluding carboxylic acids is 1. The number of ether oxygens (including phenoxy) is 2. The number of rotatable bonds is 5. The van der Waals surface area contributed by atoms with E-state index >= 15 is 0 Å². The summed E-state index contributed by atoms with van der Waals surface area (Å²) in [4.78, 5) is 23.7.